The largest absolute Gasteiger partial charge is 0.379 e. The molecule has 0 spiro atoms. The molecule has 0 radical (unpaired) electrons. The molecule has 0 aromatic heterocycles. The Bertz CT molecular complexity index is 228. The summed E-state index contributed by atoms with van der Waals surface area (Å²) in [4.78, 5) is 2.63. The minimum absolute atomic E-state index is 0.00432. The summed E-state index contributed by atoms with van der Waals surface area (Å²) in [5.41, 5.74) is -0.00432. The molecule has 1 aliphatic heterocycles. The van der Waals surface area contributed by atoms with E-state index in [0.717, 1.165) is 26.1 Å². The SMILES string of the molecule is COC(C)(C)CCN1CC(C)NCC1C(C)C. The first-order chi connectivity index (χ1) is 7.85. The maximum Gasteiger partial charge on any atom is 0.0634 e. The van der Waals surface area contributed by atoms with Crippen molar-refractivity contribution in [3.05, 3.63) is 0 Å². The second-order valence-electron chi connectivity index (χ2n) is 6.33. The summed E-state index contributed by atoms with van der Waals surface area (Å²) in [6, 6.07) is 1.27. The fourth-order valence-electron chi connectivity index (χ4n) is 2.43. The first-order valence-corrected chi connectivity index (χ1v) is 6.88. The van der Waals surface area contributed by atoms with Crippen LogP contribution in [0.2, 0.25) is 0 Å². The van der Waals surface area contributed by atoms with Crippen molar-refractivity contribution >= 4 is 0 Å². The van der Waals surface area contributed by atoms with Gasteiger partial charge in [-0.15, -0.1) is 0 Å². The van der Waals surface area contributed by atoms with Gasteiger partial charge in [-0.05, 0) is 33.1 Å². The van der Waals surface area contributed by atoms with Crippen LogP contribution in [0.15, 0.2) is 0 Å². The van der Waals surface area contributed by atoms with Crippen molar-refractivity contribution < 1.29 is 4.74 Å². The monoisotopic (exact) mass is 242 g/mol. The van der Waals surface area contributed by atoms with Crippen LogP contribution in [-0.2, 0) is 4.74 Å². The average molecular weight is 242 g/mol. The Morgan fingerprint density at radius 2 is 2.06 bits per heavy atom. The van der Waals surface area contributed by atoms with E-state index in [2.05, 4.69) is 44.8 Å². The van der Waals surface area contributed by atoms with Gasteiger partial charge >= 0.3 is 0 Å². The van der Waals surface area contributed by atoms with Crippen LogP contribution in [-0.4, -0.2) is 49.3 Å². The number of hydrogen-bond acceptors (Lipinski definition) is 3. The van der Waals surface area contributed by atoms with Crippen LogP contribution in [0.4, 0.5) is 0 Å². The van der Waals surface area contributed by atoms with Gasteiger partial charge in [-0.3, -0.25) is 4.90 Å². The van der Waals surface area contributed by atoms with Crippen LogP contribution in [0.3, 0.4) is 0 Å². The van der Waals surface area contributed by atoms with Gasteiger partial charge in [-0.25, -0.2) is 0 Å². The molecule has 0 bridgehead atoms. The Kier molecular flexibility index (Phi) is 5.42. The minimum Gasteiger partial charge on any atom is -0.379 e. The highest BCUT2D eigenvalue weighted by atomic mass is 16.5. The molecular weight excluding hydrogens is 212 g/mol. The number of rotatable bonds is 5. The Morgan fingerprint density at radius 1 is 1.41 bits per heavy atom. The molecule has 1 aliphatic rings. The topological polar surface area (TPSA) is 24.5 Å². The highest BCUT2D eigenvalue weighted by molar-refractivity contribution is 4.87. The third kappa shape index (κ3) is 4.57. The molecule has 0 aromatic rings. The molecule has 17 heavy (non-hydrogen) atoms. The van der Waals surface area contributed by atoms with Crippen molar-refractivity contribution in [2.24, 2.45) is 5.92 Å². The number of methoxy groups -OCH3 is 1. The molecule has 2 unspecified atom stereocenters. The number of nitrogens with zero attached hydrogens (tertiary/aromatic N) is 1. The third-order valence-electron chi connectivity index (χ3n) is 3.98. The molecule has 102 valence electrons. The van der Waals surface area contributed by atoms with E-state index in [1.165, 1.54) is 0 Å². The van der Waals surface area contributed by atoms with Crippen LogP contribution in [0.1, 0.15) is 41.0 Å². The van der Waals surface area contributed by atoms with E-state index in [-0.39, 0.29) is 5.60 Å². The lowest BCUT2D eigenvalue weighted by Gasteiger charge is -2.42. The van der Waals surface area contributed by atoms with Crippen LogP contribution in [0.25, 0.3) is 0 Å². The molecule has 3 heteroatoms. The highest BCUT2D eigenvalue weighted by Crippen LogP contribution is 2.19. The highest BCUT2D eigenvalue weighted by Gasteiger charge is 2.29. The molecule has 0 saturated carbocycles. The molecule has 0 aliphatic carbocycles. The van der Waals surface area contributed by atoms with Crippen molar-refractivity contribution in [2.75, 3.05) is 26.7 Å². The maximum atomic E-state index is 5.51. The predicted octanol–water partition coefficient (Wildman–Crippen LogP) is 2.12. The van der Waals surface area contributed by atoms with E-state index in [0.29, 0.717) is 18.0 Å². The molecule has 1 N–H and O–H groups in total. The van der Waals surface area contributed by atoms with E-state index in [4.69, 9.17) is 4.74 Å². The van der Waals surface area contributed by atoms with Gasteiger partial charge in [0.2, 0.25) is 0 Å². The molecule has 1 heterocycles. The van der Waals surface area contributed by atoms with E-state index in [1.807, 2.05) is 0 Å². The van der Waals surface area contributed by atoms with E-state index in [9.17, 15) is 0 Å². The molecule has 3 nitrogen and oxygen atoms in total. The zero-order chi connectivity index (χ0) is 13.1. The smallest absolute Gasteiger partial charge is 0.0634 e. The summed E-state index contributed by atoms with van der Waals surface area (Å²) >= 11 is 0. The zero-order valence-corrected chi connectivity index (χ0v) is 12.4. The number of piperazine rings is 1. The van der Waals surface area contributed by atoms with E-state index in [1.54, 1.807) is 7.11 Å². The second kappa shape index (κ2) is 6.17. The van der Waals surface area contributed by atoms with Gasteiger partial charge in [0.15, 0.2) is 0 Å². The Morgan fingerprint density at radius 3 is 2.59 bits per heavy atom. The summed E-state index contributed by atoms with van der Waals surface area (Å²) in [5.74, 6) is 0.709. The Labute approximate surface area is 107 Å². The average Bonchev–Trinajstić information content (AvgIpc) is 2.26. The molecule has 1 saturated heterocycles. The van der Waals surface area contributed by atoms with Gasteiger partial charge in [0.1, 0.15) is 0 Å². The summed E-state index contributed by atoms with van der Waals surface area (Å²) in [7, 11) is 1.81. The summed E-state index contributed by atoms with van der Waals surface area (Å²) in [6.45, 7) is 14.6. The first-order valence-electron chi connectivity index (χ1n) is 6.88. The number of hydrogen-bond donors (Lipinski definition) is 1. The van der Waals surface area contributed by atoms with Crippen molar-refractivity contribution in [3.8, 4) is 0 Å². The summed E-state index contributed by atoms with van der Waals surface area (Å²) in [5, 5.41) is 3.58. The quantitative estimate of drug-likeness (QED) is 0.799. The normalized spacial score (nSPS) is 27.7. The van der Waals surface area contributed by atoms with E-state index >= 15 is 0 Å². The van der Waals surface area contributed by atoms with Gasteiger partial charge < -0.3 is 10.1 Å². The van der Waals surface area contributed by atoms with Gasteiger partial charge in [-0.1, -0.05) is 13.8 Å². The van der Waals surface area contributed by atoms with Crippen molar-refractivity contribution in [1.29, 1.82) is 0 Å². The zero-order valence-electron chi connectivity index (χ0n) is 12.4. The standard InChI is InChI=1S/C14H30N2O/c1-11(2)13-9-15-12(3)10-16(13)8-7-14(4,5)17-6/h11-13,15H,7-10H2,1-6H3. The van der Waals surface area contributed by atoms with Crippen molar-refractivity contribution in [3.63, 3.8) is 0 Å². The van der Waals surface area contributed by atoms with E-state index < -0.39 is 0 Å². The van der Waals surface area contributed by atoms with Gasteiger partial charge in [-0.2, -0.15) is 0 Å². The fraction of sp³-hybridized carbons (Fsp3) is 1.00. The first kappa shape index (κ1) is 14.9. The summed E-state index contributed by atoms with van der Waals surface area (Å²) in [6.07, 6.45) is 1.10. The van der Waals surface area contributed by atoms with Gasteiger partial charge in [0.05, 0.1) is 5.60 Å². The lowest BCUT2D eigenvalue weighted by Crippen LogP contribution is -2.57. The van der Waals surface area contributed by atoms with Crippen LogP contribution >= 0.6 is 0 Å². The maximum absolute atomic E-state index is 5.51. The lowest BCUT2D eigenvalue weighted by molar-refractivity contribution is -0.00321. The molecule has 1 fully saturated rings. The molecule has 2 atom stereocenters. The van der Waals surface area contributed by atoms with Gasteiger partial charge in [0, 0.05) is 38.8 Å². The Hall–Kier alpha value is -0.120. The van der Waals surface area contributed by atoms with Crippen LogP contribution < -0.4 is 5.32 Å². The van der Waals surface area contributed by atoms with Crippen LogP contribution in [0, 0.1) is 5.92 Å². The van der Waals surface area contributed by atoms with Crippen molar-refractivity contribution in [1.82, 2.24) is 10.2 Å². The molecule has 0 amide bonds. The van der Waals surface area contributed by atoms with Crippen LogP contribution in [0.5, 0.6) is 0 Å². The summed E-state index contributed by atoms with van der Waals surface area (Å²) < 4.78 is 5.51. The second-order valence-corrected chi connectivity index (χ2v) is 6.33. The Balaban J connectivity index is 2.52. The predicted molar refractivity (Wildman–Crippen MR) is 73.4 cm³/mol. The minimum atomic E-state index is -0.00432. The molecule has 1 rings (SSSR count). The van der Waals surface area contributed by atoms with Gasteiger partial charge in [0.25, 0.3) is 0 Å². The molecule has 0 aromatic carbocycles. The lowest BCUT2D eigenvalue weighted by atomic mass is 9.97. The fourth-order valence-corrected chi connectivity index (χ4v) is 2.43. The van der Waals surface area contributed by atoms with Crippen molar-refractivity contribution in [2.45, 2.75) is 58.7 Å². The number of ether oxygens (including phenoxy) is 1. The molecular formula is C14H30N2O. The third-order valence-corrected chi connectivity index (χ3v) is 3.98. The number of nitrogens with one attached hydrogen (secondary N) is 1.